The highest BCUT2D eigenvalue weighted by Crippen LogP contribution is 2.33. The third-order valence-corrected chi connectivity index (χ3v) is 3.17. The Bertz CT molecular complexity index is 421. The molecule has 0 aliphatic carbocycles. The third kappa shape index (κ3) is 3.50. The first-order chi connectivity index (χ1) is 8.27. The van der Waals surface area contributed by atoms with E-state index in [1.807, 2.05) is 24.3 Å². The van der Waals surface area contributed by atoms with Gasteiger partial charge in [0, 0.05) is 12.1 Å². The highest BCUT2D eigenvalue weighted by molar-refractivity contribution is 6.33. The number of benzene rings is 1. The molecule has 1 rings (SSSR count). The summed E-state index contributed by atoms with van der Waals surface area (Å²) in [7, 11) is 0. The fourth-order valence-electron chi connectivity index (χ4n) is 1.86. The summed E-state index contributed by atoms with van der Waals surface area (Å²) in [5.41, 5.74) is 1.76. The van der Waals surface area contributed by atoms with Gasteiger partial charge in [0.25, 0.3) is 0 Å². The van der Waals surface area contributed by atoms with Crippen LogP contribution in [-0.2, 0) is 0 Å². The van der Waals surface area contributed by atoms with Gasteiger partial charge in [-0.05, 0) is 45.4 Å². The lowest BCUT2D eigenvalue weighted by Gasteiger charge is -2.37. The lowest BCUT2D eigenvalue weighted by molar-refractivity contribution is 0.199. The maximum absolute atomic E-state index is 9.55. The van der Waals surface area contributed by atoms with E-state index >= 15 is 0 Å². The van der Waals surface area contributed by atoms with Crippen molar-refractivity contribution in [2.75, 3.05) is 11.4 Å². The molecule has 0 saturated heterocycles. The molecule has 3 heteroatoms. The molecular weight excluding hydrogens is 246 g/mol. The average molecular weight is 268 g/mol. The lowest BCUT2D eigenvalue weighted by atomic mass is 10.0. The number of aliphatic hydroxyl groups excluding tert-OH is 1. The van der Waals surface area contributed by atoms with Gasteiger partial charge in [-0.1, -0.05) is 23.7 Å². The maximum atomic E-state index is 9.55. The van der Waals surface area contributed by atoms with Crippen LogP contribution in [-0.4, -0.2) is 17.2 Å². The minimum atomic E-state index is -0.501. The van der Waals surface area contributed by atoms with Gasteiger partial charge < -0.3 is 10.0 Å². The molecule has 0 radical (unpaired) electrons. The smallest absolute Gasteiger partial charge is 0.0762 e. The Morgan fingerprint density at radius 2 is 2.06 bits per heavy atom. The number of aliphatic hydroxyl groups is 1. The number of anilines is 1. The minimum absolute atomic E-state index is 0.0375. The van der Waals surface area contributed by atoms with Crippen LogP contribution in [0.1, 0.15) is 39.4 Å². The van der Waals surface area contributed by atoms with Gasteiger partial charge in [-0.15, -0.1) is 6.58 Å². The second kappa shape index (κ2) is 5.77. The van der Waals surface area contributed by atoms with Crippen LogP contribution in [0.2, 0.25) is 5.02 Å². The first kappa shape index (κ1) is 15.1. The molecule has 1 N–H and O–H groups in total. The normalized spacial score (nSPS) is 13.2. The van der Waals surface area contributed by atoms with Crippen molar-refractivity contribution in [3.8, 4) is 0 Å². The Hall–Kier alpha value is -0.990. The van der Waals surface area contributed by atoms with Crippen LogP contribution in [0.15, 0.2) is 30.9 Å². The molecule has 0 unspecified atom stereocenters. The molecule has 1 aromatic rings. The van der Waals surface area contributed by atoms with Crippen molar-refractivity contribution in [2.45, 2.75) is 39.3 Å². The van der Waals surface area contributed by atoms with Gasteiger partial charge in [0.05, 0.1) is 16.8 Å². The molecule has 0 fully saturated rings. The molecule has 100 valence electrons. The quantitative estimate of drug-likeness (QED) is 0.827. The number of hydrogen-bond acceptors (Lipinski definition) is 2. The number of hydrogen-bond donors (Lipinski definition) is 1. The Kier molecular flexibility index (Phi) is 4.83. The van der Waals surface area contributed by atoms with Gasteiger partial charge in [0.1, 0.15) is 0 Å². The molecule has 0 aliphatic heterocycles. The highest BCUT2D eigenvalue weighted by Gasteiger charge is 2.22. The van der Waals surface area contributed by atoms with Crippen LogP contribution in [0.5, 0.6) is 0 Å². The first-order valence-electron chi connectivity index (χ1n) is 6.13. The van der Waals surface area contributed by atoms with E-state index in [1.165, 1.54) is 0 Å². The molecule has 0 aromatic heterocycles. The second-order valence-electron chi connectivity index (χ2n) is 5.46. The summed E-state index contributed by atoms with van der Waals surface area (Å²) in [6, 6.07) is 5.69. The summed E-state index contributed by atoms with van der Waals surface area (Å²) in [4.78, 5) is 2.19. The Morgan fingerprint density at radius 1 is 1.44 bits per heavy atom. The van der Waals surface area contributed by atoms with Gasteiger partial charge in [0.2, 0.25) is 0 Å². The highest BCUT2D eigenvalue weighted by atomic mass is 35.5. The van der Waals surface area contributed by atoms with Gasteiger partial charge >= 0.3 is 0 Å². The van der Waals surface area contributed by atoms with E-state index in [2.05, 4.69) is 32.3 Å². The van der Waals surface area contributed by atoms with E-state index in [9.17, 15) is 5.11 Å². The molecule has 0 saturated carbocycles. The van der Waals surface area contributed by atoms with Crippen molar-refractivity contribution in [3.63, 3.8) is 0 Å². The van der Waals surface area contributed by atoms with E-state index in [1.54, 1.807) is 6.92 Å². The molecular formula is C15H22ClNO. The predicted molar refractivity (Wildman–Crippen MR) is 79.4 cm³/mol. The number of nitrogens with zero attached hydrogens (tertiary/aromatic N) is 1. The second-order valence-corrected chi connectivity index (χ2v) is 5.86. The first-order valence-corrected chi connectivity index (χ1v) is 6.51. The van der Waals surface area contributed by atoms with E-state index in [0.717, 1.165) is 17.8 Å². The predicted octanol–water partition coefficient (Wildman–Crippen LogP) is 4.18. The maximum Gasteiger partial charge on any atom is 0.0762 e. The zero-order valence-electron chi connectivity index (χ0n) is 11.6. The summed E-state index contributed by atoms with van der Waals surface area (Å²) in [6.07, 6.45) is 1.36. The topological polar surface area (TPSA) is 23.5 Å². The molecule has 1 atom stereocenters. The minimum Gasteiger partial charge on any atom is -0.389 e. The molecule has 0 heterocycles. The molecule has 0 spiro atoms. The van der Waals surface area contributed by atoms with E-state index < -0.39 is 6.10 Å². The average Bonchev–Trinajstić information content (AvgIpc) is 2.24. The van der Waals surface area contributed by atoms with Gasteiger partial charge in [-0.2, -0.15) is 0 Å². The number of halogens is 1. The van der Waals surface area contributed by atoms with Gasteiger partial charge in [-0.25, -0.2) is 0 Å². The largest absolute Gasteiger partial charge is 0.389 e. The summed E-state index contributed by atoms with van der Waals surface area (Å²) >= 11 is 6.32. The Labute approximate surface area is 115 Å². The molecule has 0 amide bonds. The van der Waals surface area contributed by atoms with Crippen molar-refractivity contribution in [1.82, 2.24) is 0 Å². The van der Waals surface area contributed by atoms with Crippen LogP contribution in [0, 0.1) is 0 Å². The summed E-state index contributed by atoms with van der Waals surface area (Å²) in [5.74, 6) is 0. The number of rotatable bonds is 4. The van der Waals surface area contributed by atoms with Gasteiger partial charge in [-0.3, -0.25) is 0 Å². The summed E-state index contributed by atoms with van der Waals surface area (Å²) in [6.45, 7) is 12.7. The van der Waals surface area contributed by atoms with Gasteiger partial charge in [0.15, 0.2) is 0 Å². The van der Waals surface area contributed by atoms with Crippen molar-refractivity contribution in [2.24, 2.45) is 0 Å². The SMILES string of the molecule is C=CCN(c1ccc([C@@H](C)O)cc1Cl)C(C)(C)C. The van der Waals surface area contributed by atoms with Crippen LogP contribution in [0.3, 0.4) is 0 Å². The fourth-order valence-corrected chi connectivity index (χ4v) is 2.16. The molecule has 2 nitrogen and oxygen atoms in total. The monoisotopic (exact) mass is 267 g/mol. The Morgan fingerprint density at radius 3 is 2.44 bits per heavy atom. The van der Waals surface area contributed by atoms with E-state index in [0.29, 0.717) is 5.02 Å². The zero-order valence-corrected chi connectivity index (χ0v) is 12.3. The standard InChI is InChI=1S/C15H22ClNO/c1-6-9-17(15(3,4)5)14-8-7-12(11(2)18)10-13(14)16/h6-8,10-11,18H,1,9H2,2-5H3/t11-/m1/s1. The van der Waals surface area contributed by atoms with Crippen molar-refractivity contribution in [3.05, 3.63) is 41.4 Å². The van der Waals surface area contributed by atoms with Crippen LogP contribution in [0.4, 0.5) is 5.69 Å². The van der Waals surface area contributed by atoms with Crippen LogP contribution >= 0.6 is 11.6 Å². The molecule has 0 aliphatic rings. The van der Waals surface area contributed by atoms with Crippen molar-refractivity contribution in [1.29, 1.82) is 0 Å². The molecule has 0 bridgehead atoms. The summed E-state index contributed by atoms with van der Waals surface area (Å²) in [5, 5.41) is 10.2. The Balaban J connectivity index is 3.18. The van der Waals surface area contributed by atoms with Crippen molar-refractivity contribution < 1.29 is 5.11 Å². The van der Waals surface area contributed by atoms with Crippen molar-refractivity contribution >= 4 is 17.3 Å². The van der Waals surface area contributed by atoms with E-state index in [4.69, 9.17) is 11.6 Å². The van der Waals surface area contributed by atoms with Crippen LogP contribution < -0.4 is 4.90 Å². The molecule has 1 aromatic carbocycles. The third-order valence-electron chi connectivity index (χ3n) is 2.87. The van der Waals surface area contributed by atoms with Crippen LogP contribution in [0.25, 0.3) is 0 Å². The zero-order chi connectivity index (χ0) is 13.9. The lowest BCUT2D eigenvalue weighted by Crippen LogP contribution is -2.41. The van der Waals surface area contributed by atoms with E-state index in [-0.39, 0.29) is 5.54 Å². The fraction of sp³-hybridized carbons (Fsp3) is 0.467. The summed E-state index contributed by atoms with van der Waals surface area (Å²) < 4.78 is 0. The molecule has 18 heavy (non-hydrogen) atoms.